The Kier molecular flexibility index (Phi) is 2.44. The van der Waals surface area contributed by atoms with Crippen LogP contribution in [0, 0.1) is 0 Å². The molecule has 1 aromatic rings. The molecule has 0 fully saturated rings. The van der Waals surface area contributed by atoms with Crippen LogP contribution in [0.4, 0.5) is 0 Å². The lowest BCUT2D eigenvalue weighted by atomic mass is 10.2. The summed E-state index contributed by atoms with van der Waals surface area (Å²) in [6.07, 6.45) is 0. The summed E-state index contributed by atoms with van der Waals surface area (Å²) in [5.74, 6) is 0. The van der Waals surface area contributed by atoms with Gasteiger partial charge in [-0.2, -0.15) is 50.1 Å². The molecule has 0 nitrogen and oxygen atoms in total. The van der Waals surface area contributed by atoms with Crippen LogP contribution in [0.2, 0.25) is 0 Å². The van der Waals surface area contributed by atoms with Crippen molar-refractivity contribution in [2.24, 2.45) is 0 Å². The van der Waals surface area contributed by atoms with Crippen LogP contribution in [-0.2, 0) is 0 Å². The summed E-state index contributed by atoms with van der Waals surface area (Å²) in [7, 11) is 0. The second-order valence-corrected chi connectivity index (χ2v) is 4.82. The summed E-state index contributed by atoms with van der Waals surface area (Å²) in [6, 6.07) is 7.47. The van der Waals surface area contributed by atoms with E-state index >= 15 is 0 Å². The summed E-state index contributed by atoms with van der Waals surface area (Å²) in [6.45, 7) is 0. The molecule has 0 aliphatic carbocycles. The van der Waals surface area contributed by atoms with Crippen molar-refractivity contribution < 1.29 is 0 Å². The van der Waals surface area contributed by atoms with Gasteiger partial charge in [0.15, 0.2) is 0 Å². The van der Waals surface area contributed by atoms with E-state index in [4.69, 9.17) is 4.50 Å². The number of hydrogen-bond acceptors (Lipinski definition) is 4. The van der Waals surface area contributed by atoms with E-state index < -0.39 is 0 Å². The van der Waals surface area contributed by atoms with Crippen molar-refractivity contribution in [2.45, 2.75) is 9.16 Å². The first-order valence-electron chi connectivity index (χ1n) is 4.97. The average molecular weight is 238 g/mol. The van der Waals surface area contributed by atoms with Gasteiger partial charge in [0.2, 0.25) is 0 Å². The van der Waals surface area contributed by atoms with Gasteiger partial charge in [-0.05, 0) is 11.1 Å². The van der Waals surface area contributed by atoms with Crippen LogP contribution in [-0.4, -0.2) is 4.50 Å². The highest BCUT2D eigenvalue weighted by Gasteiger charge is 2.04. The molecule has 0 saturated heterocycles. The van der Waals surface area contributed by atoms with E-state index in [9.17, 15) is 0 Å². The fraction of sp³-hybridized carbons (Fsp3) is 0.250. The molecule has 66 valence electrons. The van der Waals surface area contributed by atoms with E-state index in [-0.39, 0.29) is 9.16 Å². The Bertz CT molecular complexity index is 289. The maximum absolute atomic E-state index is 7.26. The second kappa shape index (κ2) is 4.74. The van der Waals surface area contributed by atoms with Crippen LogP contribution >= 0.6 is 50.1 Å². The van der Waals surface area contributed by atoms with Crippen LogP contribution in [0.5, 0.6) is 0 Å². The molecule has 0 N–H and O–H groups in total. The third kappa shape index (κ3) is 2.83. The minimum absolute atomic E-state index is 0.230. The topological polar surface area (TPSA) is 0 Å². The van der Waals surface area contributed by atoms with Gasteiger partial charge < -0.3 is 0 Å². The van der Waals surface area contributed by atoms with Crippen molar-refractivity contribution in [1.29, 1.82) is 4.50 Å². The molecule has 12 heavy (non-hydrogen) atoms. The Morgan fingerprint density at radius 1 is 1.00 bits per heavy atom. The van der Waals surface area contributed by atoms with Gasteiger partial charge in [-0.3, -0.25) is 0 Å². The Labute approximate surface area is 99.1 Å². The van der Waals surface area contributed by atoms with Crippen molar-refractivity contribution >= 4 is 50.1 Å². The predicted molar refractivity (Wildman–Crippen MR) is 67.9 cm³/mol. The van der Waals surface area contributed by atoms with Gasteiger partial charge in [0.25, 0.3) is 0 Å². The smallest absolute Gasteiger partial charge is 0.104 e. The van der Waals surface area contributed by atoms with Gasteiger partial charge in [-0.15, -0.1) is 0 Å². The van der Waals surface area contributed by atoms with Crippen molar-refractivity contribution in [3.8, 4) is 0 Å². The quantitative estimate of drug-likeness (QED) is 0.424. The zero-order chi connectivity index (χ0) is 12.0. The molecule has 0 amide bonds. The molecule has 0 heterocycles. The van der Waals surface area contributed by atoms with Gasteiger partial charge in [-0.25, -0.2) is 0 Å². The zero-order valence-electron chi connectivity index (χ0n) is 10.1. The molecular formula is C8H10S4. The van der Waals surface area contributed by atoms with E-state index in [0.29, 0.717) is 0 Å². The molecule has 0 aliphatic heterocycles. The Balaban J connectivity index is 2.93. The maximum atomic E-state index is 7.26. The lowest BCUT2D eigenvalue weighted by Crippen LogP contribution is -1.86. The third-order valence-electron chi connectivity index (χ3n) is 1.46. The fourth-order valence-corrected chi connectivity index (χ4v) is 1.44. The van der Waals surface area contributed by atoms with Gasteiger partial charge in [0.1, 0.15) is 4.50 Å². The number of hydrogen-bond donors (Lipinski definition) is 4. The summed E-state index contributed by atoms with van der Waals surface area (Å²) in [5.41, 5.74) is 1.79. The van der Waals surface area contributed by atoms with E-state index in [0.717, 1.165) is 61.3 Å². The predicted octanol–water partition coefficient (Wildman–Crippen LogP) is 3.40. The van der Waals surface area contributed by atoms with Crippen LogP contribution in [0.1, 0.15) is 20.3 Å². The summed E-state index contributed by atoms with van der Waals surface area (Å²) < 4.78 is 28.6. The molecule has 4 heteroatoms. The van der Waals surface area contributed by atoms with Gasteiger partial charge in [0, 0.05) is 0 Å². The first kappa shape index (κ1) is 6.17. The van der Waals surface area contributed by atoms with E-state index in [1.54, 1.807) is 0 Å². The van der Waals surface area contributed by atoms with Crippen LogP contribution in [0.25, 0.3) is 0 Å². The van der Waals surface area contributed by atoms with Crippen LogP contribution < -0.4 is 0 Å². The molecule has 0 aromatic heterocycles. The monoisotopic (exact) mass is 238 g/mol. The Morgan fingerprint density at radius 2 is 1.50 bits per heavy atom. The lowest BCUT2D eigenvalue weighted by molar-refractivity contribution is 1.32. The minimum atomic E-state index is -0.230. The Hall–Kier alpha value is 0.620. The summed E-state index contributed by atoms with van der Waals surface area (Å²) in [5, 5.41) is 0. The van der Waals surface area contributed by atoms with Gasteiger partial charge in [-0.1, -0.05) is 24.3 Å². The van der Waals surface area contributed by atoms with Crippen molar-refractivity contribution in [2.75, 3.05) is 0 Å². The summed E-state index contributed by atoms with van der Waals surface area (Å²) in [4.78, 5) is 0. The standard InChI is InChI=1S/C8H10S4/c9-7(10)5-2-1-3-6(4-5)8(11)12/h1-4,7-12H/i/hD4. The average Bonchev–Trinajstić information content (AvgIpc) is 2.33. The first-order valence-corrected chi connectivity index (χ1v) is 5.23. The first-order chi connectivity index (χ1) is 7.76. The van der Waals surface area contributed by atoms with Gasteiger partial charge in [0.05, 0.1) is 9.16 Å². The van der Waals surface area contributed by atoms with E-state index in [2.05, 4.69) is 0 Å². The largest absolute Gasteiger partial charge is 0.160 e. The van der Waals surface area contributed by atoms with E-state index in [1.807, 2.05) is 24.3 Å². The van der Waals surface area contributed by atoms with Crippen molar-refractivity contribution in [1.82, 2.24) is 0 Å². The van der Waals surface area contributed by atoms with Crippen molar-refractivity contribution in [3.05, 3.63) is 35.4 Å². The van der Waals surface area contributed by atoms with Crippen LogP contribution in [0.3, 0.4) is 0 Å². The van der Waals surface area contributed by atoms with E-state index in [1.165, 1.54) is 0 Å². The van der Waals surface area contributed by atoms with Gasteiger partial charge >= 0.3 is 0 Å². The Morgan fingerprint density at radius 3 is 1.92 bits per heavy atom. The number of rotatable bonds is 6. The second-order valence-electron chi connectivity index (χ2n) is 2.33. The fourth-order valence-electron chi connectivity index (χ4n) is 0.852. The molecule has 0 atom stereocenters. The highest BCUT2D eigenvalue weighted by atomic mass is 32.2. The maximum Gasteiger partial charge on any atom is 0.104 e. The highest BCUT2D eigenvalue weighted by molar-refractivity contribution is 7.98. The molecule has 1 rings (SSSR count). The number of benzene rings is 1. The summed E-state index contributed by atoms with van der Waals surface area (Å²) >= 11 is 3.51. The normalized spacial score (nSPS) is 15.5. The number of thiol groups is 4. The minimum Gasteiger partial charge on any atom is -0.160 e. The highest BCUT2D eigenvalue weighted by Crippen LogP contribution is 2.29. The van der Waals surface area contributed by atoms with Crippen molar-refractivity contribution in [3.63, 3.8) is 0 Å². The van der Waals surface area contributed by atoms with Crippen LogP contribution in [0.15, 0.2) is 24.3 Å². The molecule has 0 spiro atoms. The molecule has 1 aromatic carbocycles. The zero-order valence-corrected chi connectivity index (χ0v) is 9.36. The molecule has 0 aliphatic rings. The third-order valence-corrected chi connectivity index (χ3v) is 2.54. The molecule has 0 saturated carbocycles. The molecular weight excluding hydrogens is 224 g/mol. The molecule has 0 radical (unpaired) electrons. The lowest BCUT2D eigenvalue weighted by Gasteiger charge is -2.08. The SMILES string of the molecule is [2H]SC(S[2H])c1cccc(C(S[2H])S[2H])c1. The molecule has 0 unspecified atom stereocenters. The molecule has 0 bridgehead atoms.